The van der Waals surface area contributed by atoms with Crippen molar-refractivity contribution in [1.29, 1.82) is 0 Å². The lowest BCUT2D eigenvalue weighted by atomic mass is 10.0. The van der Waals surface area contributed by atoms with Crippen molar-refractivity contribution >= 4 is 27.5 Å². The van der Waals surface area contributed by atoms with E-state index in [2.05, 4.69) is 20.9 Å². The maximum Gasteiger partial charge on any atom is 0.142 e. The highest BCUT2D eigenvalue weighted by molar-refractivity contribution is 9.10. The minimum atomic E-state index is -0.447. The number of aromatic nitrogens is 1. The molecule has 2 rings (SSSR count). The lowest BCUT2D eigenvalue weighted by molar-refractivity contribution is 0.619. The van der Waals surface area contributed by atoms with Crippen LogP contribution in [0, 0.1) is 5.82 Å². The molecule has 2 aromatic rings. The molecule has 1 unspecified atom stereocenters. The van der Waals surface area contributed by atoms with Crippen LogP contribution in [0.2, 0.25) is 5.02 Å². The molecule has 0 bridgehead atoms. The summed E-state index contributed by atoms with van der Waals surface area (Å²) in [5.41, 5.74) is 7.76. The number of rotatable bonds is 3. The fourth-order valence-corrected chi connectivity index (χ4v) is 2.21. The van der Waals surface area contributed by atoms with Gasteiger partial charge in [0.2, 0.25) is 0 Å². The molecule has 5 heteroatoms. The van der Waals surface area contributed by atoms with Gasteiger partial charge in [0.1, 0.15) is 5.82 Å². The van der Waals surface area contributed by atoms with Gasteiger partial charge in [-0.2, -0.15) is 0 Å². The van der Waals surface area contributed by atoms with E-state index in [1.165, 1.54) is 12.1 Å². The first-order valence-corrected chi connectivity index (χ1v) is 6.53. The van der Waals surface area contributed by atoms with Crippen LogP contribution in [-0.2, 0) is 6.42 Å². The maximum atomic E-state index is 13.3. The van der Waals surface area contributed by atoms with Crippen molar-refractivity contribution < 1.29 is 4.39 Å². The zero-order chi connectivity index (χ0) is 13.1. The second kappa shape index (κ2) is 5.78. The SMILES string of the molecule is NC(Cc1cncc(Br)c1)c1ccc(Cl)c(F)c1. The second-order valence-corrected chi connectivity index (χ2v) is 5.32. The molecule has 94 valence electrons. The van der Waals surface area contributed by atoms with Gasteiger partial charge in [-0.1, -0.05) is 17.7 Å². The van der Waals surface area contributed by atoms with Crippen LogP contribution in [0.1, 0.15) is 17.2 Å². The van der Waals surface area contributed by atoms with Gasteiger partial charge in [-0.05, 0) is 51.7 Å². The Bertz CT molecular complexity index is 562. The molecule has 0 radical (unpaired) electrons. The Hall–Kier alpha value is -0.970. The Morgan fingerprint density at radius 2 is 2.11 bits per heavy atom. The fourth-order valence-electron chi connectivity index (χ4n) is 1.68. The topological polar surface area (TPSA) is 38.9 Å². The number of nitrogens with zero attached hydrogens (tertiary/aromatic N) is 1. The first kappa shape index (κ1) is 13.5. The van der Waals surface area contributed by atoms with Crippen molar-refractivity contribution in [2.75, 3.05) is 0 Å². The molecular weight excluding hydrogens is 319 g/mol. The molecule has 1 atom stereocenters. The normalized spacial score (nSPS) is 12.4. The first-order chi connectivity index (χ1) is 8.56. The molecule has 0 aliphatic rings. The van der Waals surface area contributed by atoms with Crippen molar-refractivity contribution in [2.45, 2.75) is 12.5 Å². The van der Waals surface area contributed by atoms with Gasteiger partial charge in [0.15, 0.2) is 0 Å². The van der Waals surface area contributed by atoms with E-state index in [0.29, 0.717) is 6.42 Å². The maximum absolute atomic E-state index is 13.3. The quantitative estimate of drug-likeness (QED) is 0.928. The van der Waals surface area contributed by atoms with E-state index in [1.54, 1.807) is 18.5 Å². The highest BCUT2D eigenvalue weighted by Crippen LogP contribution is 2.22. The molecule has 18 heavy (non-hydrogen) atoms. The largest absolute Gasteiger partial charge is 0.324 e. The Kier molecular flexibility index (Phi) is 4.32. The Morgan fingerprint density at radius 1 is 1.33 bits per heavy atom. The van der Waals surface area contributed by atoms with Crippen LogP contribution in [0.15, 0.2) is 41.1 Å². The molecule has 1 heterocycles. The molecule has 0 amide bonds. The molecule has 1 aromatic carbocycles. The predicted molar refractivity (Wildman–Crippen MR) is 74.0 cm³/mol. The van der Waals surface area contributed by atoms with Gasteiger partial charge in [-0.15, -0.1) is 0 Å². The average molecular weight is 330 g/mol. The van der Waals surface area contributed by atoms with E-state index in [4.69, 9.17) is 17.3 Å². The number of halogens is 3. The molecule has 0 aliphatic heterocycles. The third-order valence-electron chi connectivity index (χ3n) is 2.59. The molecular formula is C13H11BrClFN2. The third-order valence-corrected chi connectivity index (χ3v) is 3.33. The van der Waals surface area contributed by atoms with Gasteiger partial charge in [-0.25, -0.2) is 4.39 Å². The van der Waals surface area contributed by atoms with Gasteiger partial charge >= 0.3 is 0 Å². The van der Waals surface area contributed by atoms with E-state index in [-0.39, 0.29) is 11.1 Å². The molecule has 0 aliphatic carbocycles. The van der Waals surface area contributed by atoms with Gasteiger partial charge in [-0.3, -0.25) is 4.98 Å². The van der Waals surface area contributed by atoms with Crippen LogP contribution in [0.4, 0.5) is 4.39 Å². The minimum Gasteiger partial charge on any atom is -0.324 e. The summed E-state index contributed by atoms with van der Waals surface area (Å²) in [6, 6.07) is 6.29. The third kappa shape index (κ3) is 3.28. The smallest absolute Gasteiger partial charge is 0.142 e. The number of pyridine rings is 1. The van der Waals surface area contributed by atoms with Crippen LogP contribution in [0.25, 0.3) is 0 Å². The Balaban J connectivity index is 2.16. The number of hydrogen-bond acceptors (Lipinski definition) is 2. The molecule has 0 saturated carbocycles. The van der Waals surface area contributed by atoms with E-state index >= 15 is 0 Å². The zero-order valence-corrected chi connectivity index (χ0v) is 11.7. The van der Waals surface area contributed by atoms with Crippen LogP contribution in [0.5, 0.6) is 0 Å². The van der Waals surface area contributed by atoms with Crippen LogP contribution >= 0.6 is 27.5 Å². The summed E-state index contributed by atoms with van der Waals surface area (Å²) in [5, 5.41) is 0.107. The lowest BCUT2D eigenvalue weighted by Crippen LogP contribution is -2.13. The Morgan fingerprint density at radius 3 is 2.78 bits per heavy atom. The summed E-state index contributed by atoms with van der Waals surface area (Å²) >= 11 is 8.98. The van der Waals surface area contributed by atoms with Gasteiger partial charge in [0.05, 0.1) is 5.02 Å². The molecule has 0 saturated heterocycles. The second-order valence-electron chi connectivity index (χ2n) is 4.00. The first-order valence-electron chi connectivity index (χ1n) is 5.36. The van der Waals surface area contributed by atoms with Crippen molar-refractivity contribution in [2.24, 2.45) is 5.73 Å². The van der Waals surface area contributed by atoms with Gasteiger partial charge < -0.3 is 5.73 Å². The van der Waals surface area contributed by atoms with E-state index in [9.17, 15) is 4.39 Å². The number of benzene rings is 1. The summed E-state index contributed by atoms with van der Waals surface area (Å²) in [7, 11) is 0. The van der Waals surface area contributed by atoms with Crippen molar-refractivity contribution in [3.63, 3.8) is 0 Å². The van der Waals surface area contributed by atoms with E-state index in [1.807, 2.05) is 6.07 Å². The van der Waals surface area contributed by atoms with E-state index in [0.717, 1.165) is 15.6 Å². The highest BCUT2D eigenvalue weighted by Gasteiger charge is 2.10. The molecule has 2 nitrogen and oxygen atoms in total. The summed E-state index contributed by atoms with van der Waals surface area (Å²) in [4.78, 5) is 4.06. The van der Waals surface area contributed by atoms with Crippen LogP contribution in [0.3, 0.4) is 0 Å². The summed E-state index contributed by atoms with van der Waals surface area (Å²) < 4.78 is 14.2. The lowest BCUT2D eigenvalue weighted by Gasteiger charge is -2.12. The molecule has 0 spiro atoms. The monoisotopic (exact) mass is 328 g/mol. The molecule has 0 fully saturated rings. The number of nitrogens with two attached hydrogens (primary N) is 1. The van der Waals surface area contributed by atoms with Crippen molar-refractivity contribution in [3.05, 3.63) is 63.1 Å². The summed E-state index contributed by atoms with van der Waals surface area (Å²) in [6.07, 6.45) is 4.04. The van der Waals surface area contributed by atoms with Crippen molar-refractivity contribution in [1.82, 2.24) is 4.98 Å². The van der Waals surface area contributed by atoms with Gasteiger partial charge in [0, 0.05) is 22.9 Å². The van der Waals surface area contributed by atoms with Crippen LogP contribution in [-0.4, -0.2) is 4.98 Å². The average Bonchev–Trinajstić information content (AvgIpc) is 2.32. The fraction of sp³-hybridized carbons (Fsp3) is 0.154. The molecule has 1 aromatic heterocycles. The zero-order valence-electron chi connectivity index (χ0n) is 9.41. The molecule has 2 N–H and O–H groups in total. The van der Waals surface area contributed by atoms with Gasteiger partial charge in [0.25, 0.3) is 0 Å². The predicted octanol–water partition coefficient (Wildman–Crippen LogP) is 3.88. The highest BCUT2D eigenvalue weighted by atomic mass is 79.9. The standard InChI is InChI=1S/C13H11BrClFN2/c14-10-3-8(6-18-7-10)4-13(17)9-1-2-11(15)12(16)5-9/h1-3,5-7,13H,4,17H2. The van der Waals surface area contributed by atoms with E-state index < -0.39 is 5.82 Å². The summed E-state index contributed by atoms with van der Waals surface area (Å²) in [6.45, 7) is 0. The summed E-state index contributed by atoms with van der Waals surface area (Å²) in [5.74, 6) is -0.447. The van der Waals surface area contributed by atoms with Crippen molar-refractivity contribution in [3.8, 4) is 0 Å². The Labute approximate surface area is 118 Å². The minimum absolute atomic E-state index is 0.107. The number of hydrogen-bond donors (Lipinski definition) is 1. The van der Waals surface area contributed by atoms with Crippen LogP contribution < -0.4 is 5.73 Å².